The maximum Gasteiger partial charge on any atom is 0.172 e. The van der Waals surface area contributed by atoms with Crippen molar-refractivity contribution in [3.05, 3.63) is 40.8 Å². The van der Waals surface area contributed by atoms with E-state index in [1.807, 2.05) is 37.3 Å². The molecule has 0 spiro atoms. The molecule has 0 aliphatic rings. The van der Waals surface area contributed by atoms with Gasteiger partial charge in [-0.3, -0.25) is 0 Å². The molecule has 6 heteroatoms. The Morgan fingerprint density at radius 3 is 2.84 bits per heavy atom. The summed E-state index contributed by atoms with van der Waals surface area (Å²) in [6.07, 6.45) is 0.813. The summed E-state index contributed by atoms with van der Waals surface area (Å²) in [6.45, 7) is 2.04. The molecule has 96 valence electrons. The molecule has 1 aromatic carbocycles. The van der Waals surface area contributed by atoms with Gasteiger partial charge in [0.15, 0.2) is 5.16 Å². The molecule has 0 amide bonds. The second-order valence-corrected chi connectivity index (χ2v) is 5.78. The number of halogens is 1. The minimum absolute atomic E-state index is 0.804. The average molecular weight is 335 g/mol. The lowest BCUT2D eigenvalue weighted by Crippen LogP contribution is -1.94. The Hall–Kier alpha value is -1.40. The fourth-order valence-corrected chi connectivity index (χ4v) is 3.13. The Bertz CT molecular complexity index is 692. The Labute approximate surface area is 123 Å². The first kappa shape index (κ1) is 12.6. The molecule has 0 aliphatic carbocycles. The summed E-state index contributed by atoms with van der Waals surface area (Å²) in [7, 11) is 0. The summed E-state index contributed by atoms with van der Waals surface area (Å²) in [5.74, 6) is 0.827. The van der Waals surface area contributed by atoms with Gasteiger partial charge in [0.2, 0.25) is 0 Å². The van der Waals surface area contributed by atoms with Crippen LogP contribution in [0.1, 0.15) is 12.7 Å². The molecule has 0 fully saturated rings. The Morgan fingerprint density at radius 2 is 2.05 bits per heavy atom. The third-order valence-electron chi connectivity index (χ3n) is 2.60. The van der Waals surface area contributed by atoms with Gasteiger partial charge in [-0.2, -0.15) is 0 Å². The van der Waals surface area contributed by atoms with E-state index in [0.29, 0.717) is 0 Å². The van der Waals surface area contributed by atoms with E-state index in [1.165, 1.54) is 11.8 Å². The fourth-order valence-electron chi connectivity index (χ4n) is 1.73. The molecular formula is C13H11BrN4S. The van der Waals surface area contributed by atoms with Crippen LogP contribution in [-0.4, -0.2) is 19.9 Å². The van der Waals surface area contributed by atoms with Crippen molar-refractivity contribution in [3.8, 4) is 0 Å². The fraction of sp³-hybridized carbons (Fsp3) is 0.154. The number of nitrogens with zero attached hydrogens (tertiary/aromatic N) is 3. The van der Waals surface area contributed by atoms with Crippen molar-refractivity contribution >= 4 is 38.7 Å². The number of hydrogen-bond donors (Lipinski definition) is 1. The molecule has 2 heterocycles. The van der Waals surface area contributed by atoms with E-state index in [4.69, 9.17) is 0 Å². The second kappa shape index (κ2) is 5.30. The second-order valence-electron chi connectivity index (χ2n) is 3.96. The first-order valence-electron chi connectivity index (χ1n) is 5.90. The van der Waals surface area contributed by atoms with Gasteiger partial charge in [0.05, 0.1) is 11.0 Å². The molecule has 0 unspecified atom stereocenters. The van der Waals surface area contributed by atoms with Gasteiger partial charge < -0.3 is 4.98 Å². The lowest BCUT2D eigenvalue weighted by molar-refractivity contribution is 0.874. The molecule has 19 heavy (non-hydrogen) atoms. The molecule has 0 bridgehead atoms. The molecule has 3 aromatic rings. The number of benzene rings is 1. The van der Waals surface area contributed by atoms with Crippen LogP contribution in [0.4, 0.5) is 0 Å². The summed E-state index contributed by atoms with van der Waals surface area (Å²) in [5.41, 5.74) is 2.00. The van der Waals surface area contributed by atoms with Crippen LogP contribution in [0.15, 0.2) is 45.1 Å². The zero-order valence-electron chi connectivity index (χ0n) is 10.2. The van der Waals surface area contributed by atoms with E-state index >= 15 is 0 Å². The van der Waals surface area contributed by atoms with Gasteiger partial charge in [0.25, 0.3) is 0 Å². The SMILES string of the molecule is CCc1nc(Br)cc(Sc2nc3ccccc3[nH]2)n1. The van der Waals surface area contributed by atoms with Crippen molar-refractivity contribution in [1.82, 2.24) is 19.9 Å². The van der Waals surface area contributed by atoms with E-state index in [0.717, 1.165) is 38.1 Å². The van der Waals surface area contributed by atoms with Gasteiger partial charge >= 0.3 is 0 Å². The van der Waals surface area contributed by atoms with E-state index in [2.05, 4.69) is 35.9 Å². The minimum Gasteiger partial charge on any atom is -0.333 e. The number of aromatic nitrogens is 4. The van der Waals surface area contributed by atoms with Crippen molar-refractivity contribution in [1.29, 1.82) is 0 Å². The lowest BCUT2D eigenvalue weighted by Gasteiger charge is -2.01. The molecule has 0 saturated heterocycles. The van der Waals surface area contributed by atoms with Gasteiger partial charge in [0, 0.05) is 12.5 Å². The predicted octanol–water partition coefficient (Wildman–Crippen LogP) is 3.83. The number of para-hydroxylation sites is 2. The average Bonchev–Trinajstić information content (AvgIpc) is 2.80. The van der Waals surface area contributed by atoms with Crippen LogP contribution in [0.2, 0.25) is 0 Å². The highest BCUT2D eigenvalue weighted by Gasteiger charge is 2.07. The molecule has 0 radical (unpaired) electrons. The van der Waals surface area contributed by atoms with Crippen molar-refractivity contribution in [2.24, 2.45) is 0 Å². The zero-order chi connectivity index (χ0) is 13.2. The third-order valence-corrected chi connectivity index (χ3v) is 3.81. The lowest BCUT2D eigenvalue weighted by atomic mass is 10.3. The predicted molar refractivity (Wildman–Crippen MR) is 79.3 cm³/mol. The Morgan fingerprint density at radius 1 is 1.21 bits per heavy atom. The number of rotatable bonds is 3. The van der Waals surface area contributed by atoms with E-state index in [9.17, 15) is 0 Å². The first-order chi connectivity index (χ1) is 9.24. The topological polar surface area (TPSA) is 54.5 Å². The Balaban J connectivity index is 1.94. The Kier molecular flexibility index (Phi) is 3.52. The molecule has 2 aromatic heterocycles. The van der Waals surface area contributed by atoms with Crippen LogP contribution in [0.25, 0.3) is 11.0 Å². The number of aromatic amines is 1. The number of nitrogens with one attached hydrogen (secondary N) is 1. The van der Waals surface area contributed by atoms with Crippen LogP contribution < -0.4 is 0 Å². The van der Waals surface area contributed by atoms with Crippen molar-refractivity contribution in [3.63, 3.8) is 0 Å². The highest BCUT2D eigenvalue weighted by atomic mass is 79.9. The number of fused-ring (bicyclic) bond motifs is 1. The molecule has 0 aliphatic heterocycles. The maximum atomic E-state index is 4.52. The molecule has 4 nitrogen and oxygen atoms in total. The molecule has 3 rings (SSSR count). The summed E-state index contributed by atoms with van der Waals surface area (Å²) >= 11 is 4.92. The molecular weight excluding hydrogens is 324 g/mol. The number of H-pyrrole nitrogens is 1. The van der Waals surface area contributed by atoms with Crippen LogP contribution in [-0.2, 0) is 6.42 Å². The van der Waals surface area contributed by atoms with Crippen LogP contribution in [0.3, 0.4) is 0 Å². The van der Waals surface area contributed by atoms with Crippen LogP contribution in [0, 0.1) is 0 Å². The highest BCUT2D eigenvalue weighted by molar-refractivity contribution is 9.10. The van der Waals surface area contributed by atoms with Gasteiger partial charge in [-0.25, -0.2) is 15.0 Å². The van der Waals surface area contributed by atoms with Crippen LogP contribution >= 0.6 is 27.7 Å². The van der Waals surface area contributed by atoms with Crippen molar-refractivity contribution in [2.45, 2.75) is 23.5 Å². The molecule has 0 atom stereocenters. The number of imidazole rings is 1. The van der Waals surface area contributed by atoms with E-state index < -0.39 is 0 Å². The largest absolute Gasteiger partial charge is 0.333 e. The summed E-state index contributed by atoms with van der Waals surface area (Å²) < 4.78 is 0.804. The normalized spacial score (nSPS) is 11.1. The number of hydrogen-bond acceptors (Lipinski definition) is 4. The van der Waals surface area contributed by atoms with Gasteiger partial charge in [-0.15, -0.1) is 0 Å². The molecule has 0 saturated carbocycles. The van der Waals surface area contributed by atoms with Gasteiger partial charge in [-0.05, 0) is 39.8 Å². The summed E-state index contributed by atoms with van der Waals surface area (Å²) in [5, 5.41) is 1.73. The molecule has 1 N–H and O–H groups in total. The monoisotopic (exact) mass is 334 g/mol. The van der Waals surface area contributed by atoms with E-state index in [1.54, 1.807) is 0 Å². The smallest absolute Gasteiger partial charge is 0.172 e. The van der Waals surface area contributed by atoms with Gasteiger partial charge in [0.1, 0.15) is 15.5 Å². The van der Waals surface area contributed by atoms with Crippen LogP contribution in [0.5, 0.6) is 0 Å². The van der Waals surface area contributed by atoms with Crippen molar-refractivity contribution in [2.75, 3.05) is 0 Å². The van der Waals surface area contributed by atoms with Gasteiger partial charge in [-0.1, -0.05) is 19.1 Å². The highest BCUT2D eigenvalue weighted by Crippen LogP contribution is 2.27. The third kappa shape index (κ3) is 2.79. The van der Waals surface area contributed by atoms with Crippen molar-refractivity contribution < 1.29 is 0 Å². The number of aryl methyl sites for hydroxylation is 1. The minimum atomic E-state index is 0.804. The summed E-state index contributed by atoms with van der Waals surface area (Å²) in [6, 6.07) is 9.87. The zero-order valence-corrected chi connectivity index (χ0v) is 12.6. The first-order valence-corrected chi connectivity index (χ1v) is 7.51. The van der Waals surface area contributed by atoms with E-state index in [-0.39, 0.29) is 0 Å². The standard InChI is InChI=1S/C13H11BrN4S/c1-2-11-17-10(14)7-12(18-11)19-13-15-8-5-3-4-6-9(8)16-13/h3-7H,2H2,1H3,(H,15,16). The summed E-state index contributed by atoms with van der Waals surface area (Å²) in [4.78, 5) is 16.6. The maximum absolute atomic E-state index is 4.52. The quantitative estimate of drug-likeness (QED) is 0.739.